The van der Waals surface area contributed by atoms with Crippen LogP contribution in [0.5, 0.6) is 5.75 Å². The fourth-order valence-corrected chi connectivity index (χ4v) is 5.57. The second-order valence-corrected chi connectivity index (χ2v) is 7.99. The van der Waals surface area contributed by atoms with Gasteiger partial charge in [0.15, 0.2) is 5.78 Å². The molecule has 0 spiro atoms. The van der Waals surface area contributed by atoms with Gasteiger partial charge in [-0.05, 0) is 66.7 Å². The first-order chi connectivity index (χ1) is 11.5. The minimum Gasteiger partial charge on any atom is -0.490 e. The molecule has 2 fully saturated rings. The second kappa shape index (κ2) is 5.73. The summed E-state index contributed by atoms with van der Waals surface area (Å²) in [7, 11) is 0. The molecule has 2 saturated carbocycles. The molecule has 3 heteroatoms. The Labute approximate surface area is 143 Å². The molecule has 0 aliphatic heterocycles. The van der Waals surface area contributed by atoms with Crippen LogP contribution >= 0.6 is 0 Å². The number of benzene rings is 1. The summed E-state index contributed by atoms with van der Waals surface area (Å²) in [5.74, 6) is 2.36. The van der Waals surface area contributed by atoms with Crippen molar-refractivity contribution in [1.29, 1.82) is 0 Å². The lowest BCUT2D eigenvalue weighted by molar-refractivity contribution is -0.128. The van der Waals surface area contributed by atoms with Crippen LogP contribution in [0, 0.1) is 17.3 Å². The van der Waals surface area contributed by atoms with Crippen molar-refractivity contribution in [3.8, 4) is 5.75 Å². The highest BCUT2D eigenvalue weighted by atomic mass is 16.5. The zero-order valence-corrected chi connectivity index (χ0v) is 14.3. The molecular weight excluding hydrogens is 300 g/mol. The zero-order valence-electron chi connectivity index (χ0n) is 14.3. The highest BCUT2D eigenvalue weighted by Gasteiger charge is 2.57. The molecule has 5 atom stereocenters. The van der Waals surface area contributed by atoms with Crippen molar-refractivity contribution in [3.63, 3.8) is 0 Å². The van der Waals surface area contributed by atoms with Crippen molar-refractivity contribution in [3.05, 3.63) is 42.0 Å². The summed E-state index contributed by atoms with van der Waals surface area (Å²) in [5, 5.41) is 10.4. The fourth-order valence-electron chi connectivity index (χ4n) is 5.57. The molecule has 4 rings (SSSR count). The van der Waals surface area contributed by atoms with Crippen LogP contribution in [0.25, 0.3) is 0 Å². The SMILES string of the molecule is C=CCOc1ccc2c(c1)CC[C@@H]1[C@@H]2CC[C@]2(C)[C@@H](O)C(=O)C[C@@H]12. The monoisotopic (exact) mass is 326 g/mol. The van der Waals surface area contributed by atoms with Crippen LogP contribution in [0.1, 0.15) is 49.7 Å². The summed E-state index contributed by atoms with van der Waals surface area (Å²) in [6.45, 7) is 6.36. The van der Waals surface area contributed by atoms with Gasteiger partial charge in [-0.2, -0.15) is 0 Å². The number of ketones is 1. The summed E-state index contributed by atoms with van der Waals surface area (Å²) >= 11 is 0. The molecule has 0 heterocycles. The van der Waals surface area contributed by atoms with Gasteiger partial charge in [0.1, 0.15) is 18.5 Å². The van der Waals surface area contributed by atoms with E-state index in [0.29, 0.717) is 30.8 Å². The van der Waals surface area contributed by atoms with Crippen LogP contribution in [-0.2, 0) is 11.2 Å². The third-order valence-corrected chi connectivity index (χ3v) is 6.85. The molecule has 3 aliphatic rings. The average molecular weight is 326 g/mol. The first-order valence-electron chi connectivity index (χ1n) is 9.12. The highest BCUT2D eigenvalue weighted by Crippen LogP contribution is 2.60. The van der Waals surface area contributed by atoms with E-state index in [2.05, 4.69) is 31.7 Å². The van der Waals surface area contributed by atoms with E-state index >= 15 is 0 Å². The van der Waals surface area contributed by atoms with Crippen molar-refractivity contribution in [2.24, 2.45) is 17.3 Å². The third kappa shape index (κ3) is 2.25. The largest absolute Gasteiger partial charge is 0.490 e. The lowest BCUT2D eigenvalue weighted by Gasteiger charge is -2.49. The molecule has 1 aromatic rings. The maximum absolute atomic E-state index is 12.1. The second-order valence-electron chi connectivity index (χ2n) is 7.99. The van der Waals surface area contributed by atoms with Gasteiger partial charge in [-0.25, -0.2) is 0 Å². The fraction of sp³-hybridized carbons (Fsp3) is 0.571. The summed E-state index contributed by atoms with van der Waals surface area (Å²) in [6.07, 6.45) is 5.75. The minimum atomic E-state index is -0.750. The number of carbonyl (C=O) groups excluding carboxylic acids is 1. The molecule has 0 unspecified atom stereocenters. The Bertz CT molecular complexity index is 680. The first-order valence-corrected chi connectivity index (χ1v) is 9.12. The molecule has 3 nitrogen and oxygen atoms in total. The first kappa shape index (κ1) is 15.9. The van der Waals surface area contributed by atoms with Gasteiger partial charge in [-0.1, -0.05) is 25.6 Å². The van der Waals surface area contributed by atoms with Crippen molar-refractivity contribution < 1.29 is 14.6 Å². The Morgan fingerprint density at radius 1 is 1.42 bits per heavy atom. The van der Waals surface area contributed by atoms with Gasteiger partial charge in [-0.3, -0.25) is 4.79 Å². The van der Waals surface area contributed by atoms with Crippen LogP contribution < -0.4 is 4.74 Å². The normalized spacial score (nSPS) is 37.3. The van der Waals surface area contributed by atoms with E-state index < -0.39 is 6.10 Å². The molecule has 0 amide bonds. The lowest BCUT2D eigenvalue weighted by Crippen LogP contribution is -2.44. The summed E-state index contributed by atoms with van der Waals surface area (Å²) in [4.78, 5) is 12.1. The quantitative estimate of drug-likeness (QED) is 0.863. The summed E-state index contributed by atoms with van der Waals surface area (Å²) in [6, 6.07) is 6.46. The molecule has 0 bridgehead atoms. The van der Waals surface area contributed by atoms with Crippen molar-refractivity contribution in [2.45, 2.75) is 51.0 Å². The number of hydrogen-bond donors (Lipinski definition) is 1. The maximum Gasteiger partial charge on any atom is 0.162 e. The molecule has 1 N–H and O–H groups in total. The summed E-state index contributed by atoms with van der Waals surface area (Å²) < 4.78 is 5.68. The van der Waals surface area contributed by atoms with Crippen molar-refractivity contribution >= 4 is 5.78 Å². The van der Waals surface area contributed by atoms with Crippen molar-refractivity contribution in [2.75, 3.05) is 6.61 Å². The van der Waals surface area contributed by atoms with E-state index in [1.165, 1.54) is 11.1 Å². The molecule has 3 aliphatic carbocycles. The molecule has 24 heavy (non-hydrogen) atoms. The number of ether oxygens (including phenoxy) is 1. The Hall–Kier alpha value is -1.61. The van der Waals surface area contributed by atoms with Gasteiger partial charge in [0, 0.05) is 11.8 Å². The minimum absolute atomic E-state index is 0.0575. The standard InChI is InChI=1S/C21H26O3/c1-3-10-24-14-5-7-15-13(11-14)4-6-17-16(15)8-9-21(2)18(17)12-19(22)20(21)23/h3,5,7,11,16-18,20,23H,1,4,6,8-10,12H2,2H3/t16-,17-,18+,20+,21+/m1/s1. The molecular formula is C21H26O3. The molecule has 128 valence electrons. The zero-order chi connectivity index (χ0) is 16.9. The van der Waals surface area contributed by atoms with Gasteiger partial charge in [-0.15, -0.1) is 0 Å². The van der Waals surface area contributed by atoms with E-state index in [9.17, 15) is 9.90 Å². The van der Waals surface area contributed by atoms with Gasteiger partial charge < -0.3 is 9.84 Å². The van der Waals surface area contributed by atoms with Crippen LogP contribution in [0.4, 0.5) is 0 Å². The number of hydrogen-bond acceptors (Lipinski definition) is 3. The van der Waals surface area contributed by atoms with Gasteiger partial charge in [0.2, 0.25) is 0 Å². The Kier molecular flexibility index (Phi) is 3.80. The Morgan fingerprint density at radius 2 is 2.25 bits per heavy atom. The third-order valence-electron chi connectivity index (χ3n) is 6.85. The van der Waals surface area contributed by atoms with Crippen LogP contribution in [0.2, 0.25) is 0 Å². The highest BCUT2D eigenvalue weighted by molar-refractivity contribution is 5.86. The molecule has 0 saturated heterocycles. The number of rotatable bonds is 3. The number of fused-ring (bicyclic) bond motifs is 5. The molecule has 1 aromatic carbocycles. The van der Waals surface area contributed by atoms with Crippen molar-refractivity contribution in [1.82, 2.24) is 0 Å². The van der Waals surface area contributed by atoms with E-state index in [4.69, 9.17) is 4.74 Å². The van der Waals surface area contributed by atoms with E-state index in [-0.39, 0.29) is 11.2 Å². The van der Waals surface area contributed by atoms with Gasteiger partial charge in [0.25, 0.3) is 0 Å². The lowest BCUT2D eigenvalue weighted by atomic mass is 9.55. The predicted octanol–water partition coefficient (Wildman–Crippen LogP) is 3.65. The predicted molar refractivity (Wildman–Crippen MR) is 93.1 cm³/mol. The summed E-state index contributed by atoms with van der Waals surface area (Å²) in [5.41, 5.74) is 2.63. The van der Waals surface area contributed by atoms with Crippen LogP contribution in [0.15, 0.2) is 30.9 Å². The van der Waals surface area contributed by atoms with Gasteiger partial charge in [0.05, 0.1) is 0 Å². The smallest absolute Gasteiger partial charge is 0.162 e. The number of aliphatic hydroxyl groups is 1. The van der Waals surface area contributed by atoms with Crippen LogP contribution in [0.3, 0.4) is 0 Å². The van der Waals surface area contributed by atoms with E-state index in [1.54, 1.807) is 6.08 Å². The van der Waals surface area contributed by atoms with Crippen LogP contribution in [-0.4, -0.2) is 23.6 Å². The molecule has 0 radical (unpaired) electrons. The van der Waals surface area contributed by atoms with E-state index in [0.717, 1.165) is 31.4 Å². The molecule has 0 aromatic heterocycles. The topological polar surface area (TPSA) is 46.5 Å². The number of carbonyl (C=O) groups is 1. The maximum atomic E-state index is 12.1. The number of aliphatic hydroxyl groups excluding tert-OH is 1. The number of Topliss-reactive ketones (excluding diaryl/α,β-unsaturated/α-hetero) is 1. The Morgan fingerprint density at radius 3 is 3.04 bits per heavy atom. The van der Waals surface area contributed by atoms with Gasteiger partial charge >= 0.3 is 0 Å². The Balaban J connectivity index is 1.62. The number of aryl methyl sites for hydroxylation is 1. The van der Waals surface area contributed by atoms with E-state index in [1.807, 2.05) is 0 Å². The average Bonchev–Trinajstić information content (AvgIpc) is 2.83.